The van der Waals surface area contributed by atoms with Gasteiger partial charge in [-0.05, 0) is 33.7 Å². The second kappa shape index (κ2) is 7.56. The first-order valence-electron chi connectivity index (χ1n) is 8.34. The summed E-state index contributed by atoms with van der Waals surface area (Å²) in [6.07, 6.45) is 5.09. The first kappa shape index (κ1) is 16.7. The van der Waals surface area contributed by atoms with Gasteiger partial charge in [0, 0.05) is 38.3 Å². The van der Waals surface area contributed by atoms with Gasteiger partial charge in [-0.15, -0.1) is 0 Å². The molecule has 0 radical (unpaired) electrons. The highest BCUT2D eigenvalue weighted by Crippen LogP contribution is 2.35. The van der Waals surface area contributed by atoms with E-state index >= 15 is 0 Å². The zero-order valence-corrected chi connectivity index (χ0v) is 13.9. The lowest BCUT2D eigenvalue weighted by Gasteiger charge is -2.45. The number of hydrogen-bond donors (Lipinski definition) is 1. The molecule has 0 bridgehead atoms. The zero-order chi connectivity index (χ0) is 15.3. The Morgan fingerprint density at radius 3 is 2.38 bits per heavy atom. The average Bonchev–Trinajstić information content (AvgIpc) is 2.93. The van der Waals surface area contributed by atoms with Crippen LogP contribution in [-0.4, -0.2) is 73.7 Å². The van der Waals surface area contributed by atoms with Gasteiger partial charge in [-0.25, -0.2) is 0 Å². The van der Waals surface area contributed by atoms with Crippen LogP contribution in [0.15, 0.2) is 0 Å². The fourth-order valence-electron chi connectivity index (χ4n) is 3.48. The van der Waals surface area contributed by atoms with Gasteiger partial charge in [-0.3, -0.25) is 9.69 Å². The van der Waals surface area contributed by atoms with Crippen molar-refractivity contribution in [3.8, 4) is 0 Å². The number of rotatable bonds is 6. The molecule has 1 aliphatic carbocycles. The molecule has 0 aromatic rings. The Hall–Kier alpha value is -0.650. The van der Waals surface area contributed by atoms with Gasteiger partial charge in [0.05, 0.1) is 6.10 Å². The minimum Gasteiger partial charge on any atom is -0.369 e. The monoisotopic (exact) mass is 297 g/mol. The standard InChI is InChI=1S/C16H31N3O2/c1-14(2)21-12-15(20)17-13-16(6-4-5-7-16)19-10-8-18(3)9-11-19/h14H,4-13H2,1-3H3,(H,17,20). The maximum Gasteiger partial charge on any atom is 0.246 e. The third-order valence-corrected chi connectivity index (χ3v) is 4.87. The van der Waals surface area contributed by atoms with Gasteiger partial charge in [0.15, 0.2) is 0 Å². The highest BCUT2D eigenvalue weighted by atomic mass is 16.5. The van der Waals surface area contributed by atoms with Crippen LogP contribution in [0.4, 0.5) is 0 Å². The number of amides is 1. The minimum absolute atomic E-state index is 0.0177. The molecular formula is C16H31N3O2. The van der Waals surface area contributed by atoms with E-state index in [-0.39, 0.29) is 24.2 Å². The van der Waals surface area contributed by atoms with Crippen molar-refractivity contribution in [3.63, 3.8) is 0 Å². The van der Waals surface area contributed by atoms with Crippen LogP contribution in [0.3, 0.4) is 0 Å². The Bertz CT molecular complexity index is 332. The number of piperazine rings is 1. The van der Waals surface area contributed by atoms with Crippen LogP contribution in [0, 0.1) is 0 Å². The van der Waals surface area contributed by atoms with Crippen LogP contribution < -0.4 is 5.32 Å². The van der Waals surface area contributed by atoms with E-state index in [0.717, 1.165) is 32.7 Å². The van der Waals surface area contributed by atoms with Crippen LogP contribution >= 0.6 is 0 Å². The molecule has 1 saturated carbocycles. The average molecular weight is 297 g/mol. The first-order valence-corrected chi connectivity index (χ1v) is 8.34. The minimum atomic E-state index is 0.0177. The van der Waals surface area contributed by atoms with E-state index in [1.54, 1.807) is 0 Å². The third-order valence-electron chi connectivity index (χ3n) is 4.87. The zero-order valence-electron chi connectivity index (χ0n) is 13.9. The fraction of sp³-hybridized carbons (Fsp3) is 0.938. The second-order valence-electron chi connectivity index (χ2n) is 6.86. The number of carbonyl (C=O) groups is 1. The maximum absolute atomic E-state index is 11.9. The number of ether oxygens (including phenoxy) is 1. The molecule has 2 fully saturated rings. The molecule has 2 aliphatic rings. The predicted octanol–water partition coefficient (Wildman–Crippen LogP) is 1.09. The molecule has 1 amide bonds. The maximum atomic E-state index is 11.9. The molecule has 0 unspecified atom stereocenters. The van der Waals surface area contributed by atoms with Crippen molar-refractivity contribution >= 4 is 5.91 Å². The lowest BCUT2D eigenvalue weighted by atomic mass is 9.93. The molecule has 1 heterocycles. The highest BCUT2D eigenvalue weighted by Gasteiger charge is 2.40. The van der Waals surface area contributed by atoms with Crippen LogP contribution in [-0.2, 0) is 9.53 Å². The highest BCUT2D eigenvalue weighted by molar-refractivity contribution is 5.77. The van der Waals surface area contributed by atoms with Crippen molar-refractivity contribution in [2.24, 2.45) is 0 Å². The third kappa shape index (κ3) is 4.66. The van der Waals surface area contributed by atoms with Gasteiger partial charge in [0.25, 0.3) is 0 Å². The van der Waals surface area contributed by atoms with Crippen molar-refractivity contribution in [1.82, 2.24) is 15.1 Å². The number of hydrogen-bond acceptors (Lipinski definition) is 4. The van der Waals surface area contributed by atoms with Gasteiger partial charge in [0.2, 0.25) is 5.91 Å². The van der Waals surface area contributed by atoms with Gasteiger partial charge in [0.1, 0.15) is 6.61 Å². The van der Waals surface area contributed by atoms with E-state index in [1.807, 2.05) is 13.8 Å². The van der Waals surface area contributed by atoms with E-state index in [0.29, 0.717) is 0 Å². The molecule has 0 aromatic carbocycles. The van der Waals surface area contributed by atoms with Gasteiger partial charge in [-0.1, -0.05) is 12.8 Å². The summed E-state index contributed by atoms with van der Waals surface area (Å²) in [7, 11) is 2.18. The summed E-state index contributed by atoms with van der Waals surface area (Å²) >= 11 is 0. The van der Waals surface area contributed by atoms with Crippen LogP contribution in [0.25, 0.3) is 0 Å². The Morgan fingerprint density at radius 1 is 1.19 bits per heavy atom. The van der Waals surface area contributed by atoms with Crippen molar-refractivity contribution < 1.29 is 9.53 Å². The second-order valence-corrected chi connectivity index (χ2v) is 6.86. The van der Waals surface area contributed by atoms with Crippen molar-refractivity contribution in [3.05, 3.63) is 0 Å². The van der Waals surface area contributed by atoms with Crippen molar-refractivity contribution in [2.75, 3.05) is 46.4 Å². The quantitative estimate of drug-likeness (QED) is 0.797. The number of likely N-dealkylation sites (N-methyl/N-ethyl adjacent to an activating group) is 1. The fourth-order valence-corrected chi connectivity index (χ4v) is 3.48. The van der Waals surface area contributed by atoms with Crippen molar-refractivity contribution in [2.45, 2.75) is 51.2 Å². The molecule has 2 rings (SSSR count). The molecule has 5 nitrogen and oxygen atoms in total. The molecule has 5 heteroatoms. The van der Waals surface area contributed by atoms with E-state index in [2.05, 4.69) is 22.2 Å². The first-order chi connectivity index (χ1) is 10.0. The predicted molar refractivity (Wildman–Crippen MR) is 84.4 cm³/mol. The van der Waals surface area contributed by atoms with Crippen molar-refractivity contribution in [1.29, 1.82) is 0 Å². The van der Waals surface area contributed by atoms with Crippen LogP contribution in [0.1, 0.15) is 39.5 Å². The smallest absolute Gasteiger partial charge is 0.246 e. The summed E-state index contributed by atoms with van der Waals surface area (Å²) in [6.45, 7) is 9.36. The lowest BCUT2D eigenvalue weighted by molar-refractivity contribution is -0.127. The Morgan fingerprint density at radius 2 is 1.81 bits per heavy atom. The largest absolute Gasteiger partial charge is 0.369 e. The van der Waals surface area contributed by atoms with E-state index in [1.165, 1.54) is 25.7 Å². The Balaban J connectivity index is 1.85. The van der Waals surface area contributed by atoms with E-state index in [4.69, 9.17) is 4.74 Å². The van der Waals surface area contributed by atoms with E-state index < -0.39 is 0 Å². The van der Waals surface area contributed by atoms with Gasteiger partial charge < -0.3 is 15.0 Å². The topological polar surface area (TPSA) is 44.8 Å². The van der Waals surface area contributed by atoms with E-state index in [9.17, 15) is 4.79 Å². The molecule has 0 spiro atoms. The Labute approximate surface area is 129 Å². The van der Waals surface area contributed by atoms with Crippen LogP contribution in [0.5, 0.6) is 0 Å². The number of carbonyl (C=O) groups excluding carboxylic acids is 1. The normalized spacial score (nSPS) is 23.6. The molecular weight excluding hydrogens is 266 g/mol. The lowest BCUT2D eigenvalue weighted by Crippen LogP contribution is -2.59. The van der Waals surface area contributed by atoms with Gasteiger partial charge in [-0.2, -0.15) is 0 Å². The molecule has 1 saturated heterocycles. The summed E-state index contributed by atoms with van der Waals surface area (Å²) in [4.78, 5) is 16.9. The molecule has 21 heavy (non-hydrogen) atoms. The summed E-state index contributed by atoms with van der Waals surface area (Å²) < 4.78 is 5.38. The number of nitrogens with one attached hydrogen (secondary N) is 1. The molecule has 1 aliphatic heterocycles. The summed E-state index contributed by atoms with van der Waals surface area (Å²) in [5, 5.41) is 3.11. The molecule has 1 N–H and O–H groups in total. The Kier molecular flexibility index (Phi) is 6.02. The summed E-state index contributed by atoms with van der Waals surface area (Å²) in [6, 6.07) is 0. The van der Waals surface area contributed by atoms with Gasteiger partial charge >= 0.3 is 0 Å². The van der Waals surface area contributed by atoms with Crippen LogP contribution in [0.2, 0.25) is 0 Å². The molecule has 0 aromatic heterocycles. The summed E-state index contributed by atoms with van der Waals surface area (Å²) in [5.74, 6) is 0.0177. The number of nitrogens with zero attached hydrogens (tertiary/aromatic N) is 2. The molecule has 122 valence electrons. The molecule has 0 atom stereocenters. The SMILES string of the molecule is CC(C)OCC(=O)NCC1(N2CCN(C)CC2)CCCC1. The summed E-state index contributed by atoms with van der Waals surface area (Å²) in [5.41, 5.74) is 0.189.